The van der Waals surface area contributed by atoms with Gasteiger partial charge in [-0.1, -0.05) is 34.6 Å². The first-order valence-electron chi connectivity index (χ1n) is 18.0. The van der Waals surface area contributed by atoms with Gasteiger partial charge >= 0.3 is 5.97 Å². The lowest BCUT2D eigenvalue weighted by Gasteiger charge is -2.62. The maximum Gasteiger partial charge on any atom is 0.303 e. The molecule has 5 aliphatic carbocycles. The highest BCUT2D eigenvalue weighted by atomic mass is 16.7. The molecule has 2 spiro atoms. The predicted octanol–water partition coefficient (Wildman–Crippen LogP) is 5.38. The first kappa shape index (κ1) is 32.5. The zero-order valence-electron chi connectivity index (χ0n) is 29.3. The number of carbonyl (C=O) groups is 2. The lowest BCUT2D eigenvalue weighted by Crippen LogP contribution is -2.59. The van der Waals surface area contributed by atoms with Gasteiger partial charge < -0.3 is 24.1 Å². The van der Waals surface area contributed by atoms with Crippen molar-refractivity contribution in [3.05, 3.63) is 0 Å². The van der Waals surface area contributed by atoms with E-state index in [1.165, 1.54) is 26.2 Å². The van der Waals surface area contributed by atoms with Gasteiger partial charge in [0.2, 0.25) is 0 Å². The van der Waals surface area contributed by atoms with Crippen molar-refractivity contribution in [3.8, 4) is 0 Å². The van der Waals surface area contributed by atoms with Crippen molar-refractivity contribution in [2.24, 2.45) is 50.7 Å². The van der Waals surface area contributed by atoms with Gasteiger partial charge in [0.15, 0.2) is 18.2 Å². The van der Waals surface area contributed by atoms with Gasteiger partial charge in [-0.05, 0) is 112 Å². The average Bonchev–Trinajstić information content (AvgIpc) is 3.57. The number of ether oxygens (including phenoxy) is 4. The number of ketones is 1. The number of esters is 1. The average molecular weight is 630 g/mol. The number of nitrogens with zero attached hydrogens (tertiary/aromatic N) is 1. The number of hydrogen-bond donors (Lipinski definition) is 1. The second-order valence-electron chi connectivity index (χ2n) is 18.2. The van der Waals surface area contributed by atoms with E-state index >= 15 is 0 Å². The largest absolute Gasteiger partial charge is 0.457 e. The first-order valence-corrected chi connectivity index (χ1v) is 18.0. The van der Waals surface area contributed by atoms with Crippen molar-refractivity contribution in [1.29, 1.82) is 0 Å². The lowest BCUT2D eigenvalue weighted by molar-refractivity contribution is -0.245. The molecule has 45 heavy (non-hydrogen) atoms. The van der Waals surface area contributed by atoms with Gasteiger partial charge in [0, 0.05) is 31.3 Å². The van der Waals surface area contributed by atoms with Crippen LogP contribution in [0.4, 0.5) is 0 Å². The molecule has 1 N–H and O–H groups in total. The summed E-state index contributed by atoms with van der Waals surface area (Å²) in [5.41, 5.74) is -1.32. The molecule has 13 atom stereocenters. The summed E-state index contributed by atoms with van der Waals surface area (Å²) < 4.78 is 25.2. The van der Waals surface area contributed by atoms with E-state index in [0.717, 1.165) is 45.4 Å². The fourth-order valence-corrected chi connectivity index (χ4v) is 13.3. The number of fused-ring (bicyclic) bond motifs is 4. The highest BCUT2D eigenvalue weighted by Crippen LogP contribution is 2.89. The molecular weight excluding hydrogens is 570 g/mol. The highest BCUT2D eigenvalue weighted by Gasteiger charge is 2.85. The molecule has 0 aromatic carbocycles. The monoisotopic (exact) mass is 629 g/mol. The Balaban J connectivity index is 1.15. The minimum atomic E-state index is -1.28. The molecule has 0 amide bonds. The van der Waals surface area contributed by atoms with Crippen molar-refractivity contribution in [2.75, 3.05) is 26.7 Å². The quantitative estimate of drug-likeness (QED) is 0.405. The van der Waals surface area contributed by atoms with Gasteiger partial charge in [0.1, 0.15) is 6.10 Å². The van der Waals surface area contributed by atoms with Crippen LogP contribution in [0.25, 0.3) is 0 Å². The SMILES string of the molecule is CC(=O)O[C@@H](C1C[C@@H](C)[C@H]2C(O1)C(=O)[C@@]1(C)C3CC[C@H]4C(C)(C)[C@@H](O[C@H]5CN(C)CCO5)CC[C@@]45C[C@@]35CC[C@]21C)C(C)(C)O. The van der Waals surface area contributed by atoms with E-state index in [9.17, 15) is 14.7 Å². The molecule has 5 saturated carbocycles. The zero-order valence-corrected chi connectivity index (χ0v) is 29.3. The minimum Gasteiger partial charge on any atom is -0.457 e. The van der Waals surface area contributed by atoms with E-state index in [1.54, 1.807) is 13.8 Å². The molecule has 2 heterocycles. The molecule has 0 bridgehead atoms. The van der Waals surface area contributed by atoms with Crippen LogP contribution in [0.5, 0.6) is 0 Å². The Hall–Kier alpha value is -1.06. The molecule has 0 aromatic rings. The Kier molecular flexibility index (Phi) is 7.38. The Labute approximate surface area is 270 Å². The Morgan fingerprint density at radius 3 is 2.42 bits per heavy atom. The van der Waals surface area contributed by atoms with Crippen LogP contribution in [0.1, 0.15) is 107 Å². The van der Waals surface area contributed by atoms with Gasteiger partial charge in [-0.25, -0.2) is 0 Å². The summed E-state index contributed by atoms with van der Waals surface area (Å²) >= 11 is 0. The molecule has 8 nitrogen and oxygen atoms in total. The fraction of sp³-hybridized carbons (Fsp3) is 0.946. The molecule has 2 aliphatic heterocycles. The van der Waals surface area contributed by atoms with Crippen molar-refractivity contribution < 1.29 is 33.6 Å². The first-order chi connectivity index (χ1) is 20.9. The van der Waals surface area contributed by atoms with Crippen LogP contribution in [-0.2, 0) is 28.5 Å². The third-order valence-corrected chi connectivity index (χ3v) is 15.4. The van der Waals surface area contributed by atoms with Crippen LogP contribution in [-0.4, -0.2) is 84.8 Å². The maximum absolute atomic E-state index is 15.0. The molecule has 0 radical (unpaired) electrons. The maximum atomic E-state index is 15.0. The second-order valence-corrected chi connectivity index (χ2v) is 18.2. The topological polar surface area (TPSA) is 94.5 Å². The smallest absolute Gasteiger partial charge is 0.303 e. The van der Waals surface area contributed by atoms with E-state index < -0.39 is 35.3 Å². The van der Waals surface area contributed by atoms with Crippen molar-refractivity contribution in [1.82, 2.24) is 4.90 Å². The van der Waals surface area contributed by atoms with Crippen LogP contribution >= 0.6 is 0 Å². The Bertz CT molecular complexity index is 1230. The third-order valence-electron chi connectivity index (χ3n) is 15.4. The summed E-state index contributed by atoms with van der Waals surface area (Å²) in [6.45, 7) is 19.1. The van der Waals surface area contributed by atoms with Crippen LogP contribution < -0.4 is 0 Å². The van der Waals surface area contributed by atoms with Crippen LogP contribution in [0.3, 0.4) is 0 Å². The number of carbonyl (C=O) groups excluding carboxylic acids is 2. The van der Waals surface area contributed by atoms with E-state index in [1.807, 2.05) is 0 Å². The zero-order chi connectivity index (χ0) is 32.5. The molecule has 2 saturated heterocycles. The number of likely N-dealkylation sites (N-methyl/N-ethyl adjacent to an activating group) is 1. The number of Topliss-reactive ketones (excluding diaryl/α,β-unsaturated/α-hetero) is 1. The summed E-state index contributed by atoms with van der Waals surface area (Å²) in [6.07, 6.45) is 6.82. The molecule has 8 heteroatoms. The second kappa shape index (κ2) is 10.2. The molecular formula is C37H59NO7. The van der Waals surface area contributed by atoms with Crippen LogP contribution in [0, 0.1) is 50.7 Å². The van der Waals surface area contributed by atoms with Gasteiger partial charge in [-0.3, -0.25) is 14.5 Å². The molecule has 0 aromatic heterocycles. The molecule has 3 unspecified atom stereocenters. The van der Waals surface area contributed by atoms with E-state index in [4.69, 9.17) is 18.9 Å². The van der Waals surface area contributed by atoms with Crippen LogP contribution in [0.2, 0.25) is 0 Å². The molecule has 7 aliphatic rings. The summed E-state index contributed by atoms with van der Waals surface area (Å²) in [4.78, 5) is 29.3. The number of hydrogen-bond acceptors (Lipinski definition) is 8. The van der Waals surface area contributed by atoms with Gasteiger partial charge in [0.05, 0.1) is 24.4 Å². The summed E-state index contributed by atoms with van der Waals surface area (Å²) in [7, 11) is 2.14. The van der Waals surface area contributed by atoms with Crippen molar-refractivity contribution in [3.63, 3.8) is 0 Å². The number of morpholine rings is 1. The minimum absolute atomic E-state index is 0.0507. The fourth-order valence-electron chi connectivity index (χ4n) is 13.3. The Morgan fingerprint density at radius 2 is 1.76 bits per heavy atom. The van der Waals surface area contributed by atoms with Gasteiger partial charge in [0.25, 0.3) is 0 Å². The van der Waals surface area contributed by atoms with E-state index in [2.05, 4.69) is 46.6 Å². The highest BCUT2D eigenvalue weighted by molar-refractivity contribution is 5.93. The molecule has 7 rings (SSSR count). The van der Waals surface area contributed by atoms with E-state index in [0.29, 0.717) is 18.3 Å². The molecule has 7 fully saturated rings. The lowest BCUT2D eigenvalue weighted by atomic mass is 9.41. The third kappa shape index (κ3) is 4.33. The van der Waals surface area contributed by atoms with Crippen LogP contribution in [0.15, 0.2) is 0 Å². The summed E-state index contributed by atoms with van der Waals surface area (Å²) in [6, 6.07) is 0. The standard InChI is InChI=1S/C37H59NO7/c1-21-18-23(31(33(5,6)41)43-22(2)39)44-29-28(21)34(7)14-15-37-20-36(37)13-12-26(45-27-19-38(9)16-17-42-27)32(3,4)24(36)10-11-25(37)35(34,8)30(29)40/h21,23-29,31,41H,10-20H2,1-9H3/t21-,23?,24+,25?,26+,27+,28+,29?,31+,34-,35-,36-,37+/m1/s1. The molecule has 254 valence electrons. The van der Waals surface area contributed by atoms with Gasteiger partial charge in [-0.15, -0.1) is 0 Å². The van der Waals surface area contributed by atoms with Crippen molar-refractivity contribution >= 4 is 11.8 Å². The van der Waals surface area contributed by atoms with Crippen molar-refractivity contribution in [2.45, 2.75) is 143 Å². The Morgan fingerprint density at radius 1 is 1.07 bits per heavy atom. The predicted molar refractivity (Wildman–Crippen MR) is 169 cm³/mol. The number of aliphatic hydroxyl groups is 1. The summed E-state index contributed by atoms with van der Waals surface area (Å²) in [5.74, 6) is 1.12. The van der Waals surface area contributed by atoms with E-state index in [-0.39, 0.29) is 51.7 Å². The number of rotatable bonds is 5. The van der Waals surface area contributed by atoms with Gasteiger partial charge in [-0.2, -0.15) is 0 Å². The summed E-state index contributed by atoms with van der Waals surface area (Å²) in [5, 5.41) is 11.0. The normalized spacial score (nSPS) is 51.2.